The van der Waals surface area contributed by atoms with E-state index < -0.39 is 10.0 Å². The van der Waals surface area contributed by atoms with Gasteiger partial charge in [0.15, 0.2) is 0 Å². The highest BCUT2D eigenvalue weighted by Crippen LogP contribution is 2.30. The third-order valence-electron chi connectivity index (χ3n) is 5.50. The standard InChI is InChI=1S/C22H27ClN2O3S/c1-3-24(4-2)22(26)17-11-13-20(14-12-17)29(27,28)25-15-7-9-19(25)16-18-8-5-6-10-21(18)23/h5-6,8,10-14,19H,3-4,7,9,15-16H2,1-2H3. The average molecular weight is 435 g/mol. The molecule has 156 valence electrons. The van der Waals surface area contributed by atoms with Crippen LogP contribution in [0.5, 0.6) is 0 Å². The Bertz CT molecular complexity index is 956. The average Bonchev–Trinajstić information content (AvgIpc) is 3.20. The Kier molecular flexibility index (Phi) is 6.98. The Morgan fingerprint density at radius 1 is 1.10 bits per heavy atom. The second-order valence-electron chi connectivity index (χ2n) is 7.21. The summed E-state index contributed by atoms with van der Waals surface area (Å²) >= 11 is 6.27. The van der Waals surface area contributed by atoms with Crippen molar-refractivity contribution >= 4 is 27.5 Å². The third kappa shape index (κ3) is 4.65. The minimum Gasteiger partial charge on any atom is -0.339 e. The van der Waals surface area contributed by atoms with E-state index in [0.29, 0.717) is 36.6 Å². The Morgan fingerprint density at radius 3 is 2.38 bits per heavy atom. The minimum atomic E-state index is -3.63. The molecule has 29 heavy (non-hydrogen) atoms. The van der Waals surface area contributed by atoms with E-state index in [1.807, 2.05) is 38.1 Å². The molecule has 0 aromatic heterocycles. The van der Waals surface area contributed by atoms with Crippen LogP contribution in [0.3, 0.4) is 0 Å². The molecule has 1 atom stereocenters. The molecule has 7 heteroatoms. The number of carbonyl (C=O) groups is 1. The monoisotopic (exact) mass is 434 g/mol. The van der Waals surface area contributed by atoms with Crippen LogP contribution in [0.2, 0.25) is 5.02 Å². The summed E-state index contributed by atoms with van der Waals surface area (Å²) in [4.78, 5) is 14.4. The molecule has 0 saturated carbocycles. The number of hydrogen-bond donors (Lipinski definition) is 0. The quantitative estimate of drug-likeness (QED) is 0.655. The van der Waals surface area contributed by atoms with E-state index in [1.165, 1.54) is 12.1 Å². The molecule has 0 spiro atoms. The van der Waals surface area contributed by atoms with E-state index >= 15 is 0 Å². The van der Waals surface area contributed by atoms with Crippen LogP contribution in [0, 0.1) is 0 Å². The maximum atomic E-state index is 13.2. The normalized spacial score (nSPS) is 17.4. The van der Waals surface area contributed by atoms with Crippen molar-refractivity contribution in [2.75, 3.05) is 19.6 Å². The highest BCUT2D eigenvalue weighted by molar-refractivity contribution is 7.89. The van der Waals surface area contributed by atoms with Gasteiger partial charge in [0.2, 0.25) is 10.0 Å². The molecule has 2 aromatic rings. The molecule has 1 amide bonds. The number of halogens is 1. The first-order valence-electron chi connectivity index (χ1n) is 10.0. The minimum absolute atomic E-state index is 0.0864. The van der Waals surface area contributed by atoms with Crippen LogP contribution in [0.1, 0.15) is 42.6 Å². The Hall–Kier alpha value is -1.89. The molecule has 1 unspecified atom stereocenters. The summed E-state index contributed by atoms with van der Waals surface area (Å²) < 4.78 is 28.1. The first-order valence-corrected chi connectivity index (χ1v) is 11.8. The smallest absolute Gasteiger partial charge is 0.253 e. The van der Waals surface area contributed by atoms with Crippen molar-refractivity contribution in [2.45, 2.75) is 44.0 Å². The van der Waals surface area contributed by atoms with Gasteiger partial charge in [-0.1, -0.05) is 29.8 Å². The summed E-state index contributed by atoms with van der Waals surface area (Å²) in [5, 5.41) is 0.663. The molecule has 1 fully saturated rings. The number of hydrogen-bond acceptors (Lipinski definition) is 3. The van der Waals surface area contributed by atoms with Crippen LogP contribution in [-0.4, -0.2) is 49.2 Å². The van der Waals surface area contributed by atoms with E-state index in [0.717, 1.165) is 18.4 Å². The zero-order valence-corrected chi connectivity index (χ0v) is 18.4. The van der Waals surface area contributed by atoms with Gasteiger partial charge in [-0.25, -0.2) is 8.42 Å². The van der Waals surface area contributed by atoms with Crippen molar-refractivity contribution in [2.24, 2.45) is 0 Å². The first-order chi connectivity index (χ1) is 13.9. The predicted molar refractivity (Wildman–Crippen MR) is 116 cm³/mol. The van der Waals surface area contributed by atoms with Crippen molar-refractivity contribution in [3.8, 4) is 0 Å². The number of benzene rings is 2. The largest absolute Gasteiger partial charge is 0.339 e. The summed E-state index contributed by atoms with van der Waals surface area (Å²) in [6.45, 7) is 5.58. The van der Waals surface area contributed by atoms with Crippen LogP contribution >= 0.6 is 11.6 Å². The highest BCUT2D eigenvalue weighted by atomic mass is 35.5. The number of nitrogens with zero attached hydrogens (tertiary/aromatic N) is 2. The summed E-state index contributed by atoms with van der Waals surface area (Å²) in [6.07, 6.45) is 2.23. The number of amides is 1. The van der Waals surface area contributed by atoms with E-state index in [4.69, 9.17) is 11.6 Å². The van der Waals surface area contributed by atoms with Gasteiger partial charge in [0.05, 0.1) is 4.90 Å². The summed E-state index contributed by atoms with van der Waals surface area (Å²) in [7, 11) is -3.63. The van der Waals surface area contributed by atoms with E-state index in [9.17, 15) is 13.2 Å². The summed E-state index contributed by atoms with van der Waals surface area (Å²) in [6, 6.07) is 13.7. The molecule has 1 aliphatic heterocycles. The van der Waals surface area contributed by atoms with Gasteiger partial charge < -0.3 is 4.90 Å². The van der Waals surface area contributed by atoms with Gasteiger partial charge >= 0.3 is 0 Å². The van der Waals surface area contributed by atoms with Gasteiger partial charge in [0.25, 0.3) is 5.91 Å². The molecule has 1 saturated heterocycles. The lowest BCUT2D eigenvalue weighted by molar-refractivity contribution is 0.0773. The van der Waals surface area contributed by atoms with Crippen molar-refractivity contribution in [3.63, 3.8) is 0 Å². The number of sulfonamides is 1. The molecule has 0 N–H and O–H groups in total. The lowest BCUT2D eigenvalue weighted by atomic mass is 10.0. The maximum Gasteiger partial charge on any atom is 0.253 e. The third-order valence-corrected chi connectivity index (χ3v) is 7.83. The van der Waals surface area contributed by atoms with Gasteiger partial charge in [-0.15, -0.1) is 0 Å². The fraction of sp³-hybridized carbons (Fsp3) is 0.409. The van der Waals surface area contributed by atoms with E-state index in [2.05, 4.69) is 0 Å². The highest BCUT2D eigenvalue weighted by Gasteiger charge is 2.35. The summed E-state index contributed by atoms with van der Waals surface area (Å²) in [5.74, 6) is -0.0864. The fourth-order valence-corrected chi connectivity index (χ4v) is 5.75. The van der Waals surface area contributed by atoms with Crippen LogP contribution < -0.4 is 0 Å². The molecule has 1 heterocycles. The molecule has 2 aromatic carbocycles. The number of rotatable bonds is 7. The zero-order valence-electron chi connectivity index (χ0n) is 16.8. The van der Waals surface area contributed by atoms with Gasteiger partial charge in [-0.2, -0.15) is 4.31 Å². The van der Waals surface area contributed by atoms with E-state index in [-0.39, 0.29) is 16.8 Å². The molecule has 1 aliphatic rings. The SMILES string of the molecule is CCN(CC)C(=O)c1ccc(S(=O)(=O)N2CCCC2Cc2ccccc2Cl)cc1. The molecular weight excluding hydrogens is 408 g/mol. The second kappa shape index (κ2) is 9.28. The van der Waals surface area contributed by atoms with Gasteiger partial charge in [-0.05, 0) is 69.0 Å². The molecule has 3 rings (SSSR count). The van der Waals surface area contributed by atoms with Crippen LogP contribution in [-0.2, 0) is 16.4 Å². The first kappa shape index (κ1) is 21.8. The maximum absolute atomic E-state index is 13.2. The summed E-state index contributed by atoms with van der Waals surface area (Å²) in [5.41, 5.74) is 1.46. The van der Waals surface area contributed by atoms with Gasteiger partial charge in [0, 0.05) is 36.3 Å². The Balaban J connectivity index is 1.80. The number of carbonyl (C=O) groups excluding carboxylic acids is 1. The topological polar surface area (TPSA) is 57.7 Å². The molecule has 0 bridgehead atoms. The fourth-order valence-electron chi connectivity index (χ4n) is 3.85. The predicted octanol–water partition coefficient (Wildman–Crippen LogP) is 4.22. The Morgan fingerprint density at radius 2 is 1.76 bits per heavy atom. The lowest BCUT2D eigenvalue weighted by Crippen LogP contribution is -2.37. The van der Waals surface area contributed by atoms with Crippen molar-refractivity contribution in [1.29, 1.82) is 0 Å². The van der Waals surface area contributed by atoms with Crippen LogP contribution in [0.15, 0.2) is 53.4 Å². The van der Waals surface area contributed by atoms with Crippen LogP contribution in [0.4, 0.5) is 0 Å². The molecule has 5 nitrogen and oxygen atoms in total. The van der Waals surface area contributed by atoms with Crippen molar-refractivity contribution in [1.82, 2.24) is 9.21 Å². The van der Waals surface area contributed by atoms with Crippen molar-refractivity contribution < 1.29 is 13.2 Å². The molecule has 0 radical (unpaired) electrons. The van der Waals surface area contributed by atoms with Gasteiger partial charge in [0.1, 0.15) is 0 Å². The molecule has 0 aliphatic carbocycles. The second-order valence-corrected chi connectivity index (χ2v) is 9.51. The zero-order chi connectivity index (χ0) is 21.0. The Labute approximate surface area is 178 Å². The lowest BCUT2D eigenvalue weighted by Gasteiger charge is -2.25. The molecular formula is C22H27ClN2O3S. The van der Waals surface area contributed by atoms with Gasteiger partial charge in [-0.3, -0.25) is 4.79 Å². The van der Waals surface area contributed by atoms with E-state index in [1.54, 1.807) is 21.3 Å². The van der Waals surface area contributed by atoms with Crippen molar-refractivity contribution in [3.05, 3.63) is 64.7 Å². The van der Waals surface area contributed by atoms with Crippen LogP contribution in [0.25, 0.3) is 0 Å².